The first-order valence-corrected chi connectivity index (χ1v) is 10.2. The molecular weight excluding hydrogens is 378 g/mol. The first kappa shape index (κ1) is 18.5. The van der Waals surface area contributed by atoms with Gasteiger partial charge in [-0.15, -0.1) is 5.10 Å². The molecular formula is C23H23N5O2. The lowest BCUT2D eigenvalue weighted by Gasteiger charge is -2.41. The molecule has 2 amide bonds. The minimum atomic E-state index is -0.336. The summed E-state index contributed by atoms with van der Waals surface area (Å²) in [5.41, 5.74) is 2.09. The van der Waals surface area contributed by atoms with Gasteiger partial charge in [-0.25, -0.2) is 4.68 Å². The van der Waals surface area contributed by atoms with Crippen LogP contribution in [0.15, 0.2) is 66.9 Å². The van der Waals surface area contributed by atoms with E-state index in [9.17, 15) is 9.59 Å². The van der Waals surface area contributed by atoms with Crippen LogP contribution in [0.3, 0.4) is 0 Å². The Balaban J connectivity index is 1.17. The van der Waals surface area contributed by atoms with E-state index in [1.807, 2.05) is 65.6 Å². The molecule has 2 aliphatic rings. The number of nitrogens with zero attached hydrogens (tertiary/aromatic N) is 4. The van der Waals surface area contributed by atoms with Gasteiger partial charge in [0.25, 0.3) is 5.91 Å². The quantitative estimate of drug-likeness (QED) is 0.687. The Hall–Kier alpha value is -3.48. The van der Waals surface area contributed by atoms with E-state index in [4.69, 9.17) is 0 Å². The van der Waals surface area contributed by atoms with Crippen LogP contribution in [0.2, 0.25) is 0 Å². The van der Waals surface area contributed by atoms with Crippen molar-refractivity contribution in [3.8, 4) is 0 Å². The molecule has 3 aromatic rings. The van der Waals surface area contributed by atoms with Gasteiger partial charge in [0, 0.05) is 19.6 Å². The average molecular weight is 401 g/mol. The van der Waals surface area contributed by atoms with E-state index in [1.165, 1.54) is 0 Å². The van der Waals surface area contributed by atoms with Crippen LogP contribution < -0.4 is 5.32 Å². The largest absolute Gasteiger partial charge is 0.347 e. The van der Waals surface area contributed by atoms with Crippen molar-refractivity contribution in [2.75, 3.05) is 13.1 Å². The van der Waals surface area contributed by atoms with Crippen molar-refractivity contribution in [3.05, 3.63) is 83.7 Å². The summed E-state index contributed by atoms with van der Waals surface area (Å²) < 4.78 is 1.70. The number of carbonyl (C=O) groups is 2. The third-order valence-corrected chi connectivity index (χ3v) is 6.05. The molecule has 1 N–H and O–H groups in total. The maximum Gasteiger partial charge on any atom is 0.273 e. The average Bonchev–Trinajstić information content (AvgIpc) is 3.44. The Morgan fingerprint density at radius 2 is 1.67 bits per heavy atom. The van der Waals surface area contributed by atoms with Crippen LogP contribution in [0.25, 0.3) is 0 Å². The number of amides is 2. The summed E-state index contributed by atoms with van der Waals surface area (Å²) in [6.07, 6.45) is 3.48. The van der Waals surface area contributed by atoms with Gasteiger partial charge in [-0.2, -0.15) is 0 Å². The zero-order chi connectivity index (χ0) is 20.6. The second-order valence-electron chi connectivity index (χ2n) is 8.06. The van der Waals surface area contributed by atoms with Gasteiger partial charge < -0.3 is 10.2 Å². The van der Waals surface area contributed by atoms with Crippen molar-refractivity contribution in [1.29, 1.82) is 0 Å². The number of rotatable bonds is 6. The fourth-order valence-corrected chi connectivity index (χ4v) is 4.03. The zero-order valence-corrected chi connectivity index (χ0v) is 16.6. The maximum atomic E-state index is 13.0. The minimum absolute atomic E-state index is 0.0590. The lowest BCUT2D eigenvalue weighted by molar-refractivity contribution is -0.140. The zero-order valence-electron chi connectivity index (χ0n) is 16.6. The summed E-state index contributed by atoms with van der Waals surface area (Å²) in [5.74, 6) is -0.0516. The van der Waals surface area contributed by atoms with Gasteiger partial charge in [-0.1, -0.05) is 65.9 Å². The van der Waals surface area contributed by atoms with E-state index in [1.54, 1.807) is 10.9 Å². The molecule has 1 aromatic heterocycles. The lowest BCUT2D eigenvalue weighted by Crippen LogP contribution is -2.54. The summed E-state index contributed by atoms with van der Waals surface area (Å²) in [4.78, 5) is 27.3. The van der Waals surface area contributed by atoms with E-state index >= 15 is 0 Å². The van der Waals surface area contributed by atoms with Crippen molar-refractivity contribution in [1.82, 2.24) is 25.2 Å². The van der Waals surface area contributed by atoms with Crippen LogP contribution in [0.4, 0.5) is 0 Å². The molecule has 1 saturated heterocycles. The predicted octanol–water partition coefficient (Wildman–Crippen LogP) is 2.32. The first-order valence-electron chi connectivity index (χ1n) is 10.2. The number of hydrogen-bond donors (Lipinski definition) is 1. The molecule has 1 aliphatic heterocycles. The Kier molecular flexibility index (Phi) is 4.58. The molecule has 30 heavy (non-hydrogen) atoms. The van der Waals surface area contributed by atoms with Crippen LogP contribution in [-0.4, -0.2) is 44.8 Å². The van der Waals surface area contributed by atoms with Gasteiger partial charge >= 0.3 is 0 Å². The second-order valence-corrected chi connectivity index (χ2v) is 8.06. The fraction of sp³-hybridized carbons (Fsp3) is 0.304. The van der Waals surface area contributed by atoms with Gasteiger partial charge in [0.1, 0.15) is 0 Å². The molecule has 0 spiro atoms. The Labute approximate surface area is 174 Å². The van der Waals surface area contributed by atoms with Crippen molar-refractivity contribution in [3.63, 3.8) is 0 Å². The Morgan fingerprint density at radius 3 is 2.33 bits per heavy atom. The normalized spacial score (nSPS) is 17.3. The van der Waals surface area contributed by atoms with Gasteiger partial charge in [-0.05, 0) is 24.0 Å². The minimum Gasteiger partial charge on any atom is -0.347 e. The number of carbonyl (C=O) groups excluding carboxylic acids is 2. The van der Waals surface area contributed by atoms with E-state index in [-0.39, 0.29) is 23.3 Å². The highest BCUT2D eigenvalue weighted by Crippen LogP contribution is 2.50. The molecule has 7 heteroatoms. The molecule has 0 radical (unpaired) electrons. The topological polar surface area (TPSA) is 80.1 Å². The molecule has 0 bridgehead atoms. The van der Waals surface area contributed by atoms with Crippen molar-refractivity contribution in [2.45, 2.75) is 30.8 Å². The summed E-state index contributed by atoms with van der Waals surface area (Å²) >= 11 is 0. The van der Waals surface area contributed by atoms with Gasteiger partial charge in [-0.3, -0.25) is 9.59 Å². The fourth-order valence-electron chi connectivity index (χ4n) is 4.03. The molecule has 2 fully saturated rings. The van der Waals surface area contributed by atoms with Crippen molar-refractivity contribution < 1.29 is 9.59 Å². The van der Waals surface area contributed by atoms with E-state index in [2.05, 4.69) is 15.6 Å². The Bertz CT molecular complexity index is 1050. The molecule has 152 valence electrons. The smallest absolute Gasteiger partial charge is 0.273 e. The molecule has 0 atom stereocenters. The molecule has 1 saturated carbocycles. The molecule has 1 aliphatic carbocycles. The second kappa shape index (κ2) is 7.40. The van der Waals surface area contributed by atoms with Crippen molar-refractivity contribution in [2.24, 2.45) is 0 Å². The van der Waals surface area contributed by atoms with E-state index in [0.29, 0.717) is 25.3 Å². The number of benzene rings is 2. The van der Waals surface area contributed by atoms with Gasteiger partial charge in [0.15, 0.2) is 5.69 Å². The number of likely N-dealkylation sites (tertiary alicyclic amines) is 1. The molecule has 5 rings (SSSR count). The third kappa shape index (κ3) is 3.36. The molecule has 2 aromatic carbocycles. The summed E-state index contributed by atoms with van der Waals surface area (Å²) in [5, 5.41) is 11.0. The lowest BCUT2D eigenvalue weighted by atomic mass is 9.92. The number of hydrogen-bond acceptors (Lipinski definition) is 4. The van der Waals surface area contributed by atoms with E-state index in [0.717, 1.165) is 24.0 Å². The van der Waals surface area contributed by atoms with Gasteiger partial charge in [0.05, 0.1) is 17.7 Å². The van der Waals surface area contributed by atoms with Crippen LogP contribution in [0, 0.1) is 0 Å². The SMILES string of the molecule is O=C(NCc1ccccc1)c1cn(C2CN(C(=O)C3(c4ccccc4)CC3)C2)nn1. The number of aromatic nitrogens is 3. The van der Waals surface area contributed by atoms with Crippen LogP contribution >= 0.6 is 0 Å². The Morgan fingerprint density at radius 1 is 1.00 bits per heavy atom. The summed E-state index contributed by atoms with van der Waals surface area (Å²) in [6, 6.07) is 19.8. The first-order chi connectivity index (χ1) is 14.7. The van der Waals surface area contributed by atoms with Crippen LogP contribution in [0.5, 0.6) is 0 Å². The standard InChI is InChI=1S/C23H23N5O2/c29-21(24-13-17-7-3-1-4-8-17)20-16-28(26-25-20)19-14-27(15-19)22(30)23(11-12-23)18-9-5-2-6-10-18/h1-10,16,19H,11-15H2,(H,24,29). The van der Waals surface area contributed by atoms with Crippen LogP contribution in [0.1, 0.15) is 40.5 Å². The highest BCUT2D eigenvalue weighted by molar-refractivity contribution is 5.92. The predicted molar refractivity (Wildman–Crippen MR) is 111 cm³/mol. The third-order valence-electron chi connectivity index (χ3n) is 6.05. The molecule has 2 heterocycles. The highest BCUT2D eigenvalue weighted by atomic mass is 16.2. The molecule has 0 unspecified atom stereocenters. The summed E-state index contributed by atoms with van der Waals surface area (Å²) in [7, 11) is 0. The monoisotopic (exact) mass is 401 g/mol. The number of nitrogens with one attached hydrogen (secondary N) is 1. The van der Waals surface area contributed by atoms with Gasteiger partial charge in [0.2, 0.25) is 5.91 Å². The van der Waals surface area contributed by atoms with E-state index < -0.39 is 0 Å². The molecule has 7 nitrogen and oxygen atoms in total. The highest BCUT2D eigenvalue weighted by Gasteiger charge is 2.54. The maximum absolute atomic E-state index is 13.0. The van der Waals surface area contributed by atoms with Crippen LogP contribution in [-0.2, 0) is 16.8 Å². The van der Waals surface area contributed by atoms with Crippen molar-refractivity contribution >= 4 is 11.8 Å². The summed E-state index contributed by atoms with van der Waals surface area (Å²) in [6.45, 7) is 1.64.